The molecule has 2 heterocycles. The van der Waals surface area contributed by atoms with Crippen molar-refractivity contribution in [1.82, 2.24) is 19.6 Å². The summed E-state index contributed by atoms with van der Waals surface area (Å²) in [5, 5.41) is 7.40. The molecule has 2 saturated carbocycles. The molecule has 25 heavy (non-hydrogen) atoms. The van der Waals surface area contributed by atoms with Crippen LogP contribution in [0.5, 0.6) is 0 Å². The van der Waals surface area contributed by atoms with Gasteiger partial charge in [-0.3, -0.25) is 10.1 Å². The van der Waals surface area contributed by atoms with Crippen molar-refractivity contribution in [3.63, 3.8) is 0 Å². The Morgan fingerprint density at radius 2 is 1.84 bits per heavy atom. The highest BCUT2D eigenvalue weighted by molar-refractivity contribution is 5.88. The fourth-order valence-electron chi connectivity index (χ4n) is 3.63. The first-order valence-corrected chi connectivity index (χ1v) is 9.51. The van der Waals surface area contributed by atoms with Crippen molar-refractivity contribution < 1.29 is 9.59 Å². The minimum atomic E-state index is -0.0922. The van der Waals surface area contributed by atoms with Crippen LogP contribution in [0, 0.1) is 11.8 Å². The van der Waals surface area contributed by atoms with Crippen LogP contribution in [0.4, 0.5) is 10.6 Å². The molecule has 0 spiro atoms. The van der Waals surface area contributed by atoms with Crippen molar-refractivity contribution >= 4 is 17.8 Å². The van der Waals surface area contributed by atoms with Gasteiger partial charge in [0.05, 0.1) is 12.2 Å². The number of anilines is 1. The van der Waals surface area contributed by atoms with Crippen LogP contribution in [0.3, 0.4) is 0 Å². The van der Waals surface area contributed by atoms with Gasteiger partial charge < -0.3 is 9.80 Å². The summed E-state index contributed by atoms with van der Waals surface area (Å²) in [6, 6.07) is 2.09. The number of nitrogens with zero attached hydrogens (tertiary/aromatic N) is 4. The highest BCUT2D eigenvalue weighted by Crippen LogP contribution is 2.40. The van der Waals surface area contributed by atoms with Crippen LogP contribution in [0.2, 0.25) is 0 Å². The second-order valence-electron chi connectivity index (χ2n) is 7.61. The lowest BCUT2D eigenvalue weighted by atomic mass is 10.2. The second-order valence-corrected chi connectivity index (χ2v) is 7.61. The van der Waals surface area contributed by atoms with Gasteiger partial charge in [-0.1, -0.05) is 0 Å². The number of carbonyl (C=O) groups is 2. The zero-order valence-corrected chi connectivity index (χ0v) is 14.9. The Balaban J connectivity index is 1.35. The number of amides is 3. The van der Waals surface area contributed by atoms with Gasteiger partial charge in [0.1, 0.15) is 5.82 Å². The molecule has 1 atom stereocenters. The summed E-state index contributed by atoms with van der Waals surface area (Å²) in [6.07, 6.45) is 7.12. The maximum absolute atomic E-state index is 12.7. The first-order chi connectivity index (χ1) is 12.1. The van der Waals surface area contributed by atoms with Gasteiger partial charge in [0.25, 0.3) is 0 Å². The first kappa shape index (κ1) is 16.4. The van der Waals surface area contributed by atoms with Crippen molar-refractivity contribution in [2.75, 3.05) is 31.5 Å². The van der Waals surface area contributed by atoms with Crippen molar-refractivity contribution in [1.29, 1.82) is 0 Å². The standard InChI is InChI=1S/C18H27N5O2/c1-13(14-3-4-14)23-16(7-8-19-23)20-18(25)22-10-2-9-21(11-12-22)17(24)15-5-6-15/h7-8,13-15H,2-6,9-12H2,1H3,(H,20,25). The van der Waals surface area contributed by atoms with Crippen LogP contribution in [-0.2, 0) is 4.79 Å². The molecule has 3 amide bonds. The van der Waals surface area contributed by atoms with E-state index in [1.807, 2.05) is 20.5 Å². The third-order valence-corrected chi connectivity index (χ3v) is 5.62. The molecule has 2 aliphatic carbocycles. The van der Waals surface area contributed by atoms with Crippen molar-refractivity contribution in [3.8, 4) is 0 Å². The molecule has 0 aromatic carbocycles. The Hall–Kier alpha value is -2.05. The summed E-state index contributed by atoms with van der Waals surface area (Å²) in [4.78, 5) is 28.7. The third-order valence-electron chi connectivity index (χ3n) is 5.62. The molecule has 1 aliphatic heterocycles. The molecule has 7 heteroatoms. The fourth-order valence-corrected chi connectivity index (χ4v) is 3.63. The quantitative estimate of drug-likeness (QED) is 0.910. The predicted octanol–water partition coefficient (Wildman–Crippen LogP) is 2.33. The minimum absolute atomic E-state index is 0.0922. The lowest BCUT2D eigenvalue weighted by molar-refractivity contribution is -0.132. The van der Waals surface area contributed by atoms with Gasteiger partial charge in [-0.25, -0.2) is 9.48 Å². The van der Waals surface area contributed by atoms with Crippen molar-refractivity contribution in [2.45, 2.75) is 45.1 Å². The van der Waals surface area contributed by atoms with Crippen LogP contribution in [0.15, 0.2) is 12.3 Å². The molecule has 0 radical (unpaired) electrons. The molecule has 1 unspecified atom stereocenters. The highest BCUT2D eigenvalue weighted by atomic mass is 16.2. The summed E-state index contributed by atoms with van der Waals surface area (Å²) in [5.41, 5.74) is 0. The maximum Gasteiger partial charge on any atom is 0.323 e. The van der Waals surface area contributed by atoms with Gasteiger partial charge in [-0.2, -0.15) is 5.10 Å². The van der Waals surface area contributed by atoms with E-state index in [2.05, 4.69) is 17.3 Å². The average molecular weight is 345 g/mol. The summed E-state index contributed by atoms with van der Waals surface area (Å²) < 4.78 is 1.93. The van der Waals surface area contributed by atoms with E-state index in [0.29, 0.717) is 31.6 Å². The van der Waals surface area contributed by atoms with E-state index in [-0.39, 0.29) is 17.9 Å². The van der Waals surface area contributed by atoms with E-state index in [0.717, 1.165) is 31.6 Å². The SMILES string of the molecule is CC(C1CC1)n1nccc1NC(=O)N1CCCN(C(=O)C2CC2)CC1. The number of nitrogens with one attached hydrogen (secondary N) is 1. The summed E-state index contributed by atoms with van der Waals surface area (Å²) in [5.74, 6) is 1.97. The van der Waals surface area contributed by atoms with E-state index in [9.17, 15) is 9.59 Å². The molecule has 1 aromatic heterocycles. The van der Waals surface area contributed by atoms with Gasteiger partial charge in [0.15, 0.2) is 0 Å². The smallest absolute Gasteiger partial charge is 0.323 e. The van der Waals surface area contributed by atoms with Gasteiger partial charge in [0.2, 0.25) is 5.91 Å². The molecule has 7 nitrogen and oxygen atoms in total. The molecule has 3 fully saturated rings. The number of hydrogen-bond donors (Lipinski definition) is 1. The number of aromatic nitrogens is 2. The van der Waals surface area contributed by atoms with Crippen LogP contribution < -0.4 is 5.32 Å². The molecule has 1 N–H and O–H groups in total. The number of hydrogen-bond acceptors (Lipinski definition) is 3. The van der Waals surface area contributed by atoms with Crippen LogP contribution >= 0.6 is 0 Å². The summed E-state index contributed by atoms with van der Waals surface area (Å²) in [7, 11) is 0. The lowest BCUT2D eigenvalue weighted by Gasteiger charge is -2.23. The van der Waals surface area contributed by atoms with Gasteiger partial charge in [-0.15, -0.1) is 0 Å². The largest absolute Gasteiger partial charge is 0.341 e. The van der Waals surface area contributed by atoms with Gasteiger partial charge in [-0.05, 0) is 44.9 Å². The molecule has 0 bridgehead atoms. The van der Waals surface area contributed by atoms with E-state index in [1.54, 1.807) is 6.20 Å². The maximum atomic E-state index is 12.7. The molecule has 3 aliphatic rings. The van der Waals surface area contributed by atoms with E-state index in [4.69, 9.17) is 0 Å². The normalized spacial score (nSPS) is 22.4. The molecule has 4 rings (SSSR count). The van der Waals surface area contributed by atoms with Crippen molar-refractivity contribution in [3.05, 3.63) is 12.3 Å². The van der Waals surface area contributed by atoms with E-state index >= 15 is 0 Å². The number of carbonyl (C=O) groups excluding carboxylic acids is 2. The lowest BCUT2D eigenvalue weighted by Crippen LogP contribution is -2.40. The van der Waals surface area contributed by atoms with E-state index in [1.165, 1.54) is 12.8 Å². The zero-order chi connectivity index (χ0) is 17.4. The number of rotatable bonds is 4. The summed E-state index contributed by atoms with van der Waals surface area (Å²) >= 11 is 0. The van der Waals surface area contributed by atoms with Gasteiger partial charge >= 0.3 is 6.03 Å². The fraction of sp³-hybridized carbons (Fsp3) is 0.722. The molecule has 136 valence electrons. The zero-order valence-electron chi connectivity index (χ0n) is 14.9. The number of urea groups is 1. The Labute approximate surface area is 148 Å². The topological polar surface area (TPSA) is 70.5 Å². The Morgan fingerprint density at radius 3 is 2.56 bits per heavy atom. The van der Waals surface area contributed by atoms with Crippen LogP contribution in [0.1, 0.15) is 45.1 Å². The van der Waals surface area contributed by atoms with E-state index < -0.39 is 0 Å². The Bertz CT molecular complexity index is 650. The molecular weight excluding hydrogens is 318 g/mol. The second kappa shape index (κ2) is 6.69. The van der Waals surface area contributed by atoms with Crippen LogP contribution in [0.25, 0.3) is 0 Å². The highest BCUT2D eigenvalue weighted by Gasteiger charge is 2.34. The van der Waals surface area contributed by atoms with Gasteiger partial charge in [0, 0.05) is 38.2 Å². The predicted molar refractivity (Wildman–Crippen MR) is 94.2 cm³/mol. The molecule has 1 aromatic rings. The molecule has 1 saturated heterocycles. The minimum Gasteiger partial charge on any atom is -0.341 e. The average Bonchev–Trinajstić information content (AvgIpc) is 3.49. The van der Waals surface area contributed by atoms with Crippen LogP contribution in [-0.4, -0.2) is 57.7 Å². The Kier molecular flexibility index (Phi) is 4.39. The monoisotopic (exact) mass is 345 g/mol. The summed E-state index contributed by atoms with van der Waals surface area (Å²) in [6.45, 7) is 4.84. The Morgan fingerprint density at radius 1 is 1.12 bits per heavy atom. The first-order valence-electron chi connectivity index (χ1n) is 9.51. The third kappa shape index (κ3) is 3.65. The molecular formula is C18H27N5O2. The van der Waals surface area contributed by atoms with Crippen molar-refractivity contribution in [2.24, 2.45) is 11.8 Å².